The molecule has 0 aliphatic carbocycles. The molecule has 42 valence electrons. The van der Waals surface area contributed by atoms with Gasteiger partial charge in [-0.2, -0.15) is 0 Å². The first-order valence-corrected chi connectivity index (χ1v) is 3.28. The highest BCUT2D eigenvalue weighted by Gasteiger charge is 2.05. The molecule has 2 nitrogen and oxygen atoms in total. The third-order valence-electron chi connectivity index (χ3n) is 0.892. The lowest BCUT2D eigenvalue weighted by atomic mass is 10.4. The molecule has 1 aliphatic heterocycles. The highest BCUT2D eigenvalue weighted by atomic mass is 32.2. The van der Waals surface area contributed by atoms with E-state index in [1.165, 1.54) is 12.0 Å². The Balaban J connectivity index is 2.12. The Morgan fingerprint density at radius 1 is 1.86 bits per heavy atom. The molecule has 0 radical (unpaired) electrons. The minimum Gasteiger partial charge on any atom is -0.312 e. The maximum absolute atomic E-state index is 5.04. The van der Waals surface area contributed by atoms with Crippen molar-refractivity contribution in [2.45, 2.75) is 13.0 Å². The van der Waals surface area contributed by atoms with E-state index in [9.17, 15) is 0 Å². The van der Waals surface area contributed by atoms with Crippen LogP contribution in [0.5, 0.6) is 0 Å². The molecule has 1 fully saturated rings. The van der Waals surface area contributed by atoms with Crippen molar-refractivity contribution in [2.24, 2.45) is 0 Å². The van der Waals surface area contributed by atoms with Crippen LogP contribution in [0.15, 0.2) is 0 Å². The quantitative estimate of drug-likeness (QED) is 0.472. The zero-order chi connectivity index (χ0) is 5.11. The smallest absolute Gasteiger partial charge is 0.0765 e. The van der Waals surface area contributed by atoms with E-state index < -0.39 is 0 Å². The first-order chi connectivity index (χ1) is 3.39. The zero-order valence-corrected chi connectivity index (χ0v) is 5.12. The van der Waals surface area contributed by atoms with Crippen molar-refractivity contribution in [3.8, 4) is 0 Å². The van der Waals surface area contributed by atoms with Crippen molar-refractivity contribution in [3.63, 3.8) is 0 Å². The monoisotopic (exact) mass is 119 g/mol. The first kappa shape index (κ1) is 5.41. The summed E-state index contributed by atoms with van der Waals surface area (Å²) in [5, 5.41) is 3.22. The summed E-state index contributed by atoms with van der Waals surface area (Å²) in [6, 6.07) is 0.543. The molecule has 1 unspecified atom stereocenters. The second-order valence-corrected chi connectivity index (χ2v) is 2.41. The van der Waals surface area contributed by atoms with Crippen LogP contribution >= 0.6 is 12.0 Å². The molecule has 1 atom stereocenters. The van der Waals surface area contributed by atoms with Crippen molar-refractivity contribution in [1.82, 2.24) is 5.32 Å². The molecule has 0 amide bonds. The fourth-order valence-corrected chi connectivity index (χ4v) is 1.16. The molecule has 7 heavy (non-hydrogen) atoms. The lowest BCUT2D eigenvalue weighted by Gasteiger charge is -2.17. The molecule has 0 bridgehead atoms. The van der Waals surface area contributed by atoms with Gasteiger partial charge in [0.05, 0.1) is 12.5 Å². The predicted molar refractivity (Wildman–Crippen MR) is 31.0 cm³/mol. The standard InChI is InChI=1S/C4H9NOS/c1-4-2-6-7-3-5-4/h4-5H,2-3H2,1H3. The molecule has 1 saturated heterocycles. The summed E-state index contributed by atoms with van der Waals surface area (Å²) < 4.78 is 5.04. The molecule has 3 heteroatoms. The van der Waals surface area contributed by atoms with Crippen molar-refractivity contribution < 1.29 is 4.18 Å². The van der Waals surface area contributed by atoms with Crippen LogP contribution in [-0.4, -0.2) is 18.5 Å². The van der Waals surface area contributed by atoms with Crippen molar-refractivity contribution in [1.29, 1.82) is 0 Å². The zero-order valence-electron chi connectivity index (χ0n) is 4.31. The summed E-state index contributed by atoms with van der Waals surface area (Å²) in [5.41, 5.74) is 0. The Kier molecular flexibility index (Phi) is 1.97. The van der Waals surface area contributed by atoms with Gasteiger partial charge in [-0.15, -0.1) is 0 Å². The molecule has 1 aliphatic rings. The largest absolute Gasteiger partial charge is 0.312 e. The van der Waals surface area contributed by atoms with Gasteiger partial charge in [-0.25, -0.2) is 0 Å². The van der Waals surface area contributed by atoms with Gasteiger partial charge in [0.15, 0.2) is 0 Å². The summed E-state index contributed by atoms with van der Waals surface area (Å²) in [6.45, 7) is 2.95. The van der Waals surface area contributed by atoms with Gasteiger partial charge in [0.25, 0.3) is 0 Å². The highest BCUT2D eigenvalue weighted by Crippen LogP contribution is 2.06. The molecule has 1 N–H and O–H groups in total. The molecular weight excluding hydrogens is 110 g/mol. The van der Waals surface area contributed by atoms with Crippen LogP contribution in [0.3, 0.4) is 0 Å². The second kappa shape index (κ2) is 2.55. The van der Waals surface area contributed by atoms with Gasteiger partial charge < -0.3 is 9.50 Å². The van der Waals surface area contributed by atoms with E-state index >= 15 is 0 Å². The summed E-state index contributed by atoms with van der Waals surface area (Å²) in [5.74, 6) is 0.932. The maximum atomic E-state index is 5.04. The minimum atomic E-state index is 0.543. The fourth-order valence-electron chi connectivity index (χ4n) is 0.427. The molecular formula is C4H9NOS. The van der Waals surface area contributed by atoms with E-state index in [0.29, 0.717) is 6.04 Å². The van der Waals surface area contributed by atoms with E-state index in [2.05, 4.69) is 12.2 Å². The Bertz CT molecular complexity index is 53.7. The molecule has 0 saturated carbocycles. The molecule has 1 rings (SSSR count). The third kappa shape index (κ3) is 1.67. The number of hydrogen-bond acceptors (Lipinski definition) is 3. The predicted octanol–water partition coefficient (Wildman–Crippen LogP) is 0.600. The SMILES string of the molecule is CC1COSCN1. The maximum Gasteiger partial charge on any atom is 0.0765 e. The summed E-state index contributed by atoms with van der Waals surface area (Å²) in [6.07, 6.45) is 0. The highest BCUT2D eigenvalue weighted by molar-refractivity contribution is 7.94. The first-order valence-electron chi connectivity index (χ1n) is 2.37. The summed E-state index contributed by atoms with van der Waals surface area (Å²) in [4.78, 5) is 0. The molecule has 0 aromatic carbocycles. The number of hydrogen-bond donors (Lipinski definition) is 1. The van der Waals surface area contributed by atoms with E-state index in [0.717, 1.165) is 12.5 Å². The normalized spacial score (nSPS) is 33.0. The van der Waals surface area contributed by atoms with Gasteiger partial charge in [-0.3, -0.25) is 0 Å². The number of rotatable bonds is 0. The topological polar surface area (TPSA) is 21.3 Å². The van der Waals surface area contributed by atoms with E-state index in [-0.39, 0.29) is 0 Å². The van der Waals surface area contributed by atoms with Gasteiger partial charge in [0.1, 0.15) is 0 Å². The lowest BCUT2D eigenvalue weighted by Crippen LogP contribution is -2.33. The van der Waals surface area contributed by atoms with Gasteiger partial charge >= 0.3 is 0 Å². The Morgan fingerprint density at radius 3 is 3.00 bits per heavy atom. The lowest BCUT2D eigenvalue weighted by molar-refractivity contribution is 0.300. The number of nitrogens with one attached hydrogen (secondary N) is 1. The van der Waals surface area contributed by atoms with Crippen LogP contribution in [0.1, 0.15) is 6.92 Å². The summed E-state index contributed by atoms with van der Waals surface area (Å²) in [7, 11) is 0. The van der Waals surface area contributed by atoms with Crippen molar-refractivity contribution in [2.75, 3.05) is 12.5 Å². The van der Waals surface area contributed by atoms with Crippen LogP contribution in [0.25, 0.3) is 0 Å². The van der Waals surface area contributed by atoms with Crippen LogP contribution in [-0.2, 0) is 4.18 Å². The van der Waals surface area contributed by atoms with Crippen LogP contribution < -0.4 is 5.32 Å². The van der Waals surface area contributed by atoms with Crippen molar-refractivity contribution in [3.05, 3.63) is 0 Å². The average Bonchev–Trinajstić information content (AvgIpc) is 1.69. The molecule has 1 heterocycles. The van der Waals surface area contributed by atoms with Gasteiger partial charge in [-0.05, 0) is 6.92 Å². The van der Waals surface area contributed by atoms with E-state index in [1.807, 2.05) is 0 Å². The van der Waals surface area contributed by atoms with Crippen LogP contribution in [0, 0.1) is 0 Å². The van der Waals surface area contributed by atoms with Crippen LogP contribution in [0.2, 0.25) is 0 Å². The Hall–Kier alpha value is 0.270. The summed E-state index contributed by atoms with van der Waals surface area (Å²) >= 11 is 1.49. The van der Waals surface area contributed by atoms with Gasteiger partial charge in [-0.1, -0.05) is 0 Å². The minimum absolute atomic E-state index is 0.543. The molecule has 0 aromatic heterocycles. The molecule has 0 spiro atoms. The molecule has 0 aromatic rings. The van der Waals surface area contributed by atoms with Crippen molar-refractivity contribution >= 4 is 12.0 Å². The van der Waals surface area contributed by atoms with Gasteiger partial charge in [0.2, 0.25) is 0 Å². The Labute approximate surface area is 47.8 Å². The fraction of sp³-hybridized carbons (Fsp3) is 1.00. The third-order valence-corrected chi connectivity index (χ3v) is 1.48. The second-order valence-electron chi connectivity index (χ2n) is 1.65. The Morgan fingerprint density at radius 2 is 2.71 bits per heavy atom. The van der Waals surface area contributed by atoms with E-state index in [1.54, 1.807) is 0 Å². The van der Waals surface area contributed by atoms with Gasteiger partial charge in [0, 0.05) is 18.1 Å². The van der Waals surface area contributed by atoms with E-state index in [4.69, 9.17) is 4.18 Å². The average molecular weight is 119 g/mol. The van der Waals surface area contributed by atoms with Crippen LogP contribution in [0.4, 0.5) is 0 Å².